The van der Waals surface area contributed by atoms with Crippen LogP contribution in [0.5, 0.6) is 5.88 Å². The molecule has 2 amide bonds. The van der Waals surface area contributed by atoms with Crippen LogP contribution in [0.25, 0.3) is 5.69 Å². The van der Waals surface area contributed by atoms with E-state index in [4.69, 9.17) is 4.74 Å². The Morgan fingerprint density at radius 2 is 1.29 bits per heavy atom. The number of hydrogen-bond acceptors (Lipinski definition) is 7. The summed E-state index contributed by atoms with van der Waals surface area (Å²) in [5.41, 5.74) is -0.558. The number of nitrogens with zero attached hydrogens (tertiary/aromatic N) is 1. The zero-order chi connectivity index (χ0) is 37.9. The van der Waals surface area contributed by atoms with Gasteiger partial charge in [-0.2, -0.15) is 0 Å². The van der Waals surface area contributed by atoms with Gasteiger partial charge in [-0.25, -0.2) is 14.3 Å². The molecule has 0 aliphatic rings. The number of nitrogens with one attached hydrogen (secondary N) is 3. The van der Waals surface area contributed by atoms with E-state index >= 15 is 0 Å². The van der Waals surface area contributed by atoms with E-state index in [1.807, 2.05) is 6.92 Å². The van der Waals surface area contributed by atoms with E-state index in [9.17, 15) is 34.2 Å². The third-order valence-electron chi connectivity index (χ3n) is 8.84. The lowest BCUT2D eigenvalue weighted by molar-refractivity contribution is 0.0696. The number of amides is 2. The molecule has 52 heavy (non-hydrogen) atoms. The summed E-state index contributed by atoms with van der Waals surface area (Å²) in [5, 5.41) is 26.9. The van der Waals surface area contributed by atoms with Gasteiger partial charge in [-0.05, 0) is 74.0 Å². The second-order valence-corrected chi connectivity index (χ2v) is 13.9. The number of carboxylic acid groups (broad SMARTS) is 2. The molecule has 1 atom stereocenters. The van der Waals surface area contributed by atoms with Gasteiger partial charge in [0.05, 0.1) is 23.4 Å². The predicted octanol–water partition coefficient (Wildman–Crippen LogP) is 9.27. The fourth-order valence-electron chi connectivity index (χ4n) is 5.89. The molecule has 0 fully saturated rings. The van der Waals surface area contributed by atoms with Crippen molar-refractivity contribution in [3.8, 4) is 11.6 Å². The van der Waals surface area contributed by atoms with Crippen molar-refractivity contribution in [2.45, 2.75) is 128 Å². The van der Waals surface area contributed by atoms with Gasteiger partial charge in [0.15, 0.2) is 0 Å². The summed E-state index contributed by atoms with van der Waals surface area (Å²) in [5.74, 6) is -3.27. The Kier molecular flexibility index (Phi) is 18.1. The van der Waals surface area contributed by atoms with Crippen LogP contribution in [0.1, 0.15) is 148 Å². The van der Waals surface area contributed by atoms with Gasteiger partial charge in [-0.3, -0.25) is 19.5 Å². The minimum Gasteiger partial charge on any atom is -0.478 e. The fourth-order valence-corrected chi connectivity index (χ4v) is 6.68. The maximum Gasteiger partial charge on any atom is 0.335 e. The average molecular weight is 739 g/mol. The molecule has 3 aromatic rings. The van der Waals surface area contributed by atoms with Gasteiger partial charge in [-0.15, -0.1) is 0 Å². The summed E-state index contributed by atoms with van der Waals surface area (Å²) in [7, 11) is 0. The summed E-state index contributed by atoms with van der Waals surface area (Å²) >= 11 is 0.793. The first kappa shape index (κ1) is 41.9. The Labute approximate surface area is 310 Å². The minimum absolute atomic E-state index is 0.00879. The Bertz CT molecular complexity index is 1640. The SMILES string of the molecule is CCCCCCCCCCCCCCCC(CC)NC(=O)Sc1c(OCC)[nH]n(-c2ccc(NC(=O)c3cc(C(=O)O)cc(C(=O)O)c3)cc2)c1=O. The molecule has 0 saturated heterocycles. The van der Waals surface area contributed by atoms with Crippen molar-refractivity contribution >= 4 is 40.5 Å². The molecule has 5 N–H and O–H groups in total. The lowest BCUT2D eigenvalue weighted by Crippen LogP contribution is -2.32. The lowest BCUT2D eigenvalue weighted by Gasteiger charge is -2.16. The second-order valence-electron chi connectivity index (χ2n) is 12.9. The van der Waals surface area contributed by atoms with Gasteiger partial charge >= 0.3 is 11.9 Å². The van der Waals surface area contributed by atoms with Crippen LogP contribution in [-0.2, 0) is 0 Å². The monoisotopic (exact) mass is 738 g/mol. The molecular weight excluding hydrogens is 685 g/mol. The number of aromatic carboxylic acids is 2. The highest BCUT2D eigenvalue weighted by Crippen LogP contribution is 2.27. The van der Waals surface area contributed by atoms with E-state index in [0.717, 1.165) is 55.6 Å². The van der Waals surface area contributed by atoms with E-state index in [2.05, 4.69) is 22.7 Å². The number of carbonyl (C=O) groups is 4. The molecule has 0 aliphatic carbocycles. The standard InChI is InChI=1S/C39H54N4O8S/c1-4-7-8-9-10-11-12-13-14-15-16-17-18-19-30(5-2)41-39(50)52-33-35(51-6-3)42-43(36(33)45)32-22-20-31(21-23-32)40-34(44)27-24-28(37(46)47)26-29(25-27)38(48)49/h20-26,30,42H,4-19H2,1-3H3,(H,40,44)(H,41,50)(H,46,47)(H,48,49). The number of hydrogen-bond donors (Lipinski definition) is 5. The van der Waals surface area contributed by atoms with Crippen molar-refractivity contribution in [1.82, 2.24) is 15.1 Å². The molecule has 1 unspecified atom stereocenters. The maximum atomic E-state index is 13.5. The molecule has 2 aromatic carbocycles. The summed E-state index contributed by atoms with van der Waals surface area (Å²) in [6.45, 7) is 6.33. The van der Waals surface area contributed by atoms with Gasteiger partial charge < -0.3 is 25.6 Å². The Morgan fingerprint density at radius 1 is 0.769 bits per heavy atom. The third kappa shape index (κ3) is 13.6. The zero-order valence-electron chi connectivity index (χ0n) is 30.6. The van der Waals surface area contributed by atoms with Crippen LogP contribution < -0.4 is 20.9 Å². The van der Waals surface area contributed by atoms with E-state index in [1.54, 1.807) is 19.1 Å². The van der Waals surface area contributed by atoms with Crippen molar-refractivity contribution in [2.75, 3.05) is 11.9 Å². The molecule has 1 heterocycles. The molecule has 0 radical (unpaired) electrons. The number of ether oxygens (including phenoxy) is 1. The number of H-pyrrole nitrogens is 1. The first-order chi connectivity index (χ1) is 25.1. The highest BCUT2D eigenvalue weighted by molar-refractivity contribution is 8.13. The van der Waals surface area contributed by atoms with Crippen molar-refractivity contribution in [2.24, 2.45) is 0 Å². The third-order valence-corrected chi connectivity index (χ3v) is 9.71. The molecule has 0 aliphatic heterocycles. The summed E-state index contributed by atoms with van der Waals surface area (Å²) < 4.78 is 6.91. The summed E-state index contributed by atoms with van der Waals surface area (Å²) in [6.07, 6.45) is 18.4. The normalized spacial score (nSPS) is 11.6. The van der Waals surface area contributed by atoms with Gasteiger partial charge in [0.2, 0.25) is 5.88 Å². The number of carbonyl (C=O) groups excluding carboxylic acids is 2. The average Bonchev–Trinajstić information content (AvgIpc) is 3.43. The van der Waals surface area contributed by atoms with Crippen LogP contribution in [-0.4, -0.2) is 55.7 Å². The summed E-state index contributed by atoms with van der Waals surface area (Å²) in [6, 6.07) is 9.35. The molecule has 1 aromatic heterocycles. The largest absolute Gasteiger partial charge is 0.478 e. The molecule has 12 nitrogen and oxygen atoms in total. The van der Waals surface area contributed by atoms with Gasteiger partial charge in [0.1, 0.15) is 4.90 Å². The van der Waals surface area contributed by atoms with Crippen LogP contribution in [0.3, 0.4) is 0 Å². The van der Waals surface area contributed by atoms with Gasteiger partial charge in [0, 0.05) is 17.3 Å². The quantitative estimate of drug-likeness (QED) is 0.0442. The number of carboxylic acids is 2. The fraction of sp³-hybridized carbons (Fsp3) is 0.513. The van der Waals surface area contributed by atoms with Gasteiger partial charge in [-0.1, -0.05) is 97.3 Å². The molecule has 0 saturated carbocycles. The zero-order valence-corrected chi connectivity index (χ0v) is 31.4. The topological polar surface area (TPSA) is 180 Å². The molecule has 3 rings (SSSR count). The van der Waals surface area contributed by atoms with Gasteiger partial charge in [0.25, 0.3) is 16.7 Å². The number of aromatic amines is 1. The number of thioether (sulfide) groups is 1. The maximum absolute atomic E-state index is 13.5. The molecule has 284 valence electrons. The number of anilines is 1. The van der Waals surface area contributed by atoms with Crippen molar-refractivity contribution in [3.05, 3.63) is 69.5 Å². The van der Waals surface area contributed by atoms with Crippen LogP contribution >= 0.6 is 11.8 Å². The van der Waals surface area contributed by atoms with E-state index < -0.39 is 23.4 Å². The molecule has 0 bridgehead atoms. The van der Waals surface area contributed by atoms with E-state index in [1.165, 1.54) is 87.4 Å². The number of aromatic nitrogens is 2. The second kappa shape index (κ2) is 22.4. The Balaban J connectivity index is 1.53. The van der Waals surface area contributed by atoms with Crippen LogP contribution in [0.4, 0.5) is 10.5 Å². The highest BCUT2D eigenvalue weighted by atomic mass is 32.2. The lowest BCUT2D eigenvalue weighted by atomic mass is 10.0. The number of unbranched alkanes of at least 4 members (excludes halogenated alkanes) is 12. The molecule has 0 spiro atoms. The Morgan fingerprint density at radius 3 is 1.79 bits per heavy atom. The van der Waals surface area contributed by atoms with Crippen molar-refractivity contribution in [1.29, 1.82) is 0 Å². The predicted molar refractivity (Wildman–Crippen MR) is 205 cm³/mol. The summed E-state index contributed by atoms with van der Waals surface area (Å²) in [4.78, 5) is 62.4. The Hall–Kier alpha value is -4.52. The first-order valence-corrected chi connectivity index (χ1v) is 19.4. The van der Waals surface area contributed by atoms with Crippen LogP contribution in [0.2, 0.25) is 0 Å². The number of benzene rings is 2. The first-order valence-electron chi connectivity index (χ1n) is 18.6. The number of rotatable bonds is 24. The van der Waals surface area contributed by atoms with E-state index in [-0.39, 0.29) is 45.4 Å². The van der Waals surface area contributed by atoms with Crippen LogP contribution in [0.15, 0.2) is 52.2 Å². The molecular formula is C39H54N4O8S. The van der Waals surface area contributed by atoms with Crippen molar-refractivity contribution < 1.29 is 34.1 Å². The van der Waals surface area contributed by atoms with Crippen LogP contribution in [0, 0.1) is 0 Å². The van der Waals surface area contributed by atoms with E-state index in [0.29, 0.717) is 11.4 Å². The highest BCUT2D eigenvalue weighted by Gasteiger charge is 2.22. The molecule has 13 heteroatoms. The smallest absolute Gasteiger partial charge is 0.335 e. The minimum atomic E-state index is -1.37. The van der Waals surface area contributed by atoms with Crippen molar-refractivity contribution in [3.63, 3.8) is 0 Å².